The second-order valence-electron chi connectivity index (χ2n) is 5.85. The molecule has 0 spiro atoms. The lowest BCUT2D eigenvalue weighted by Crippen LogP contribution is -2.63. The van der Waals surface area contributed by atoms with Crippen molar-refractivity contribution < 1.29 is 14.3 Å². The lowest BCUT2D eigenvalue weighted by Gasteiger charge is -2.39. The summed E-state index contributed by atoms with van der Waals surface area (Å²) < 4.78 is 5.22. The molecule has 0 bridgehead atoms. The maximum absolute atomic E-state index is 11.6. The van der Waals surface area contributed by atoms with E-state index >= 15 is 0 Å². The first-order valence-electron chi connectivity index (χ1n) is 6.22. The summed E-state index contributed by atoms with van der Waals surface area (Å²) in [4.78, 5) is 24.6. The summed E-state index contributed by atoms with van der Waals surface area (Å²) >= 11 is 0. The number of carbonyl (C=O) groups is 2. The molecule has 1 rings (SSSR count). The largest absolute Gasteiger partial charge is 0.444 e. The summed E-state index contributed by atoms with van der Waals surface area (Å²) in [5, 5.41) is 5.54. The molecule has 0 radical (unpaired) electrons. The topological polar surface area (TPSA) is 70.7 Å². The van der Waals surface area contributed by atoms with E-state index in [4.69, 9.17) is 4.74 Å². The Bertz CT molecular complexity index is 317. The Kier molecular flexibility index (Phi) is 4.43. The molecule has 6 heteroatoms. The van der Waals surface area contributed by atoms with Gasteiger partial charge in [0.25, 0.3) is 0 Å². The third-order valence-corrected chi connectivity index (χ3v) is 2.29. The summed E-state index contributed by atoms with van der Waals surface area (Å²) in [6.07, 6.45) is -0.329. The molecule has 1 aliphatic heterocycles. The Morgan fingerprint density at radius 3 is 2.28 bits per heavy atom. The van der Waals surface area contributed by atoms with Crippen LogP contribution in [0.15, 0.2) is 0 Å². The third-order valence-electron chi connectivity index (χ3n) is 2.29. The van der Waals surface area contributed by atoms with Crippen LogP contribution in [0.2, 0.25) is 0 Å². The van der Waals surface area contributed by atoms with Crippen LogP contribution in [0.25, 0.3) is 0 Å². The summed E-state index contributed by atoms with van der Waals surface area (Å²) in [7, 11) is 0. The van der Waals surface area contributed by atoms with Gasteiger partial charge in [-0.2, -0.15) is 0 Å². The highest BCUT2D eigenvalue weighted by molar-refractivity contribution is 5.75. The Hall–Kier alpha value is -1.46. The predicted octanol–water partition coefficient (Wildman–Crippen LogP) is 1.31. The molecule has 18 heavy (non-hydrogen) atoms. The zero-order valence-electron chi connectivity index (χ0n) is 11.7. The van der Waals surface area contributed by atoms with Gasteiger partial charge in [0.05, 0.1) is 6.04 Å². The Labute approximate surface area is 108 Å². The van der Waals surface area contributed by atoms with Crippen molar-refractivity contribution in [2.75, 3.05) is 13.1 Å². The number of urea groups is 1. The van der Waals surface area contributed by atoms with Crippen LogP contribution in [0.3, 0.4) is 0 Å². The average Bonchev–Trinajstić information content (AvgIpc) is 2.05. The quantitative estimate of drug-likeness (QED) is 0.783. The molecule has 0 aromatic rings. The number of rotatable bonds is 2. The fraction of sp³-hybridized carbons (Fsp3) is 0.833. The van der Waals surface area contributed by atoms with Crippen LogP contribution in [0.5, 0.6) is 0 Å². The minimum absolute atomic E-state index is 0.0104. The maximum Gasteiger partial charge on any atom is 0.410 e. The Balaban J connectivity index is 2.24. The minimum Gasteiger partial charge on any atom is -0.444 e. The van der Waals surface area contributed by atoms with Gasteiger partial charge in [-0.3, -0.25) is 0 Å². The van der Waals surface area contributed by atoms with Gasteiger partial charge in [-0.05, 0) is 34.6 Å². The number of hydrogen-bond donors (Lipinski definition) is 2. The van der Waals surface area contributed by atoms with Crippen molar-refractivity contribution in [3.05, 3.63) is 0 Å². The number of likely N-dealkylation sites (tertiary alicyclic amines) is 1. The smallest absolute Gasteiger partial charge is 0.410 e. The van der Waals surface area contributed by atoms with Crippen molar-refractivity contribution in [2.45, 2.75) is 52.3 Å². The molecule has 1 saturated heterocycles. The molecule has 1 fully saturated rings. The van der Waals surface area contributed by atoms with Crippen molar-refractivity contribution >= 4 is 12.1 Å². The zero-order chi connectivity index (χ0) is 13.9. The molecule has 1 aliphatic rings. The molecule has 0 aromatic carbocycles. The van der Waals surface area contributed by atoms with Crippen LogP contribution >= 0.6 is 0 Å². The Morgan fingerprint density at radius 1 is 1.28 bits per heavy atom. The lowest BCUT2D eigenvalue weighted by atomic mass is 10.1. The highest BCUT2D eigenvalue weighted by Gasteiger charge is 2.34. The van der Waals surface area contributed by atoms with Crippen LogP contribution in [0, 0.1) is 0 Å². The van der Waals surface area contributed by atoms with E-state index in [1.165, 1.54) is 0 Å². The van der Waals surface area contributed by atoms with Crippen molar-refractivity contribution in [3.8, 4) is 0 Å². The molecule has 0 aliphatic carbocycles. The number of nitrogens with zero attached hydrogens (tertiary/aromatic N) is 1. The number of hydrogen-bond acceptors (Lipinski definition) is 3. The Morgan fingerprint density at radius 2 is 1.83 bits per heavy atom. The van der Waals surface area contributed by atoms with Crippen molar-refractivity contribution in [3.63, 3.8) is 0 Å². The molecule has 0 aromatic heterocycles. The zero-order valence-corrected chi connectivity index (χ0v) is 11.7. The second-order valence-corrected chi connectivity index (χ2v) is 5.85. The third kappa shape index (κ3) is 4.81. The summed E-state index contributed by atoms with van der Waals surface area (Å²) in [6, 6.07) is -0.0813. The monoisotopic (exact) mass is 257 g/mol. The molecule has 1 heterocycles. The maximum atomic E-state index is 11.6. The van der Waals surface area contributed by atoms with Crippen molar-refractivity contribution in [2.24, 2.45) is 0 Å². The highest BCUT2D eigenvalue weighted by Crippen LogP contribution is 2.14. The number of carbonyl (C=O) groups excluding carboxylic acids is 2. The lowest BCUT2D eigenvalue weighted by molar-refractivity contribution is 0.00630. The molecule has 3 amide bonds. The van der Waals surface area contributed by atoms with E-state index in [9.17, 15) is 9.59 Å². The molecule has 104 valence electrons. The van der Waals surface area contributed by atoms with Gasteiger partial charge in [0, 0.05) is 19.1 Å². The first-order valence-corrected chi connectivity index (χ1v) is 6.22. The van der Waals surface area contributed by atoms with Gasteiger partial charge in [0.1, 0.15) is 5.60 Å². The van der Waals surface area contributed by atoms with Gasteiger partial charge in [-0.15, -0.1) is 0 Å². The molecular weight excluding hydrogens is 234 g/mol. The van der Waals surface area contributed by atoms with E-state index in [0.717, 1.165) is 0 Å². The van der Waals surface area contributed by atoms with Crippen LogP contribution in [0.1, 0.15) is 34.6 Å². The first-order chi connectivity index (χ1) is 8.17. The van der Waals surface area contributed by atoms with Gasteiger partial charge in [0.15, 0.2) is 0 Å². The summed E-state index contributed by atoms with van der Waals surface area (Å²) in [5.41, 5.74) is -0.482. The summed E-state index contributed by atoms with van der Waals surface area (Å²) in [6.45, 7) is 10.3. The molecule has 0 unspecified atom stereocenters. The highest BCUT2D eigenvalue weighted by atomic mass is 16.6. The van der Waals surface area contributed by atoms with Crippen LogP contribution in [0.4, 0.5) is 9.59 Å². The van der Waals surface area contributed by atoms with Crippen molar-refractivity contribution in [1.29, 1.82) is 0 Å². The van der Waals surface area contributed by atoms with Crippen LogP contribution < -0.4 is 10.6 Å². The first kappa shape index (κ1) is 14.6. The van der Waals surface area contributed by atoms with E-state index < -0.39 is 5.60 Å². The SMILES string of the molecule is CC(C)NC(=O)NC1CN(C(=O)OC(C)(C)C)C1. The van der Waals surface area contributed by atoms with Gasteiger partial charge in [0.2, 0.25) is 0 Å². The minimum atomic E-state index is -0.482. The molecule has 0 saturated carbocycles. The molecule has 0 atom stereocenters. The molecular formula is C12H23N3O3. The predicted molar refractivity (Wildman–Crippen MR) is 68.4 cm³/mol. The van der Waals surface area contributed by atoms with Gasteiger partial charge in [-0.25, -0.2) is 9.59 Å². The van der Waals surface area contributed by atoms with Gasteiger partial charge >= 0.3 is 12.1 Å². The van der Waals surface area contributed by atoms with Gasteiger partial charge < -0.3 is 20.3 Å². The molecule has 2 N–H and O–H groups in total. The van der Waals surface area contributed by atoms with Crippen LogP contribution in [-0.4, -0.2) is 47.8 Å². The van der Waals surface area contributed by atoms with E-state index in [2.05, 4.69) is 10.6 Å². The standard InChI is InChI=1S/C12H23N3O3/c1-8(2)13-10(16)14-9-6-15(7-9)11(17)18-12(3,4)5/h8-9H,6-7H2,1-5H3,(H2,13,14,16). The number of amides is 3. The normalized spacial score (nSPS) is 16.2. The van der Waals surface area contributed by atoms with Crippen molar-refractivity contribution in [1.82, 2.24) is 15.5 Å². The van der Waals surface area contributed by atoms with E-state index in [-0.39, 0.29) is 24.2 Å². The van der Waals surface area contributed by atoms with E-state index in [1.54, 1.807) is 4.90 Å². The second kappa shape index (κ2) is 5.46. The van der Waals surface area contributed by atoms with Gasteiger partial charge in [-0.1, -0.05) is 0 Å². The van der Waals surface area contributed by atoms with E-state index in [1.807, 2.05) is 34.6 Å². The van der Waals surface area contributed by atoms with E-state index in [0.29, 0.717) is 13.1 Å². The summed E-state index contributed by atoms with van der Waals surface area (Å²) in [5.74, 6) is 0. The average molecular weight is 257 g/mol. The number of ether oxygens (including phenoxy) is 1. The fourth-order valence-corrected chi connectivity index (χ4v) is 1.53. The fourth-order valence-electron chi connectivity index (χ4n) is 1.53. The molecule has 6 nitrogen and oxygen atoms in total. The van der Waals surface area contributed by atoms with Crippen LogP contribution in [-0.2, 0) is 4.74 Å². The number of nitrogens with one attached hydrogen (secondary N) is 2.